The van der Waals surface area contributed by atoms with E-state index in [1.54, 1.807) is 0 Å². The highest BCUT2D eigenvalue weighted by Crippen LogP contribution is 2.31. The predicted octanol–water partition coefficient (Wildman–Crippen LogP) is 4.30. The molecule has 0 saturated heterocycles. The minimum atomic E-state index is -0.578. The van der Waals surface area contributed by atoms with Gasteiger partial charge in [0, 0.05) is 12.0 Å². The summed E-state index contributed by atoms with van der Waals surface area (Å²) in [6, 6.07) is 17.2. The third kappa shape index (κ3) is 7.61. The van der Waals surface area contributed by atoms with Crippen LogP contribution < -0.4 is 21.1 Å². The molecule has 0 saturated carbocycles. The predicted molar refractivity (Wildman–Crippen MR) is 133 cm³/mol. The van der Waals surface area contributed by atoms with Crippen LogP contribution in [0.4, 0.5) is 4.79 Å². The molecule has 1 aliphatic rings. The maximum atomic E-state index is 12.3. The van der Waals surface area contributed by atoms with Gasteiger partial charge in [-0.2, -0.15) is 0 Å². The van der Waals surface area contributed by atoms with E-state index in [0.29, 0.717) is 12.6 Å². The number of para-hydroxylation sites is 1. The summed E-state index contributed by atoms with van der Waals surface area (Å²) in [6.45, 7) is 6.39. The highest BCUT2D eigenvalue weighted by molar-refractivity contribution is 14.0. The lowest BCUT2D eigenvalue weighted by molar-refractivity contribution is 0.0505. The van der Waals surface area contributed by atoms with Crippen molar-refractivity contribution >= 4 is 36.0 Å². The number of carbonyl (C=O) groups is 1. The largest absolute Gasteiger partial charge is 0.493 e. The third-order valence-corrected chi connectivity index (χ3v) is 4.62. The van der Waals surface area contributed by atoms with Gasteiger partial charge in [-0.3, -0.25) is 4.99 Å². The first-order valence-electron chi connectivity index (χ1n) is 10.1. The molecule has 4 N–H and O–H groups in total. The Labute approximate surface area is 200 Å². The molecule has 0 bridgehead atoms. The summed E-state index contributed by atoms with van der Waals surface area (Å²) in [4.78, 5) is 16.8. The lowest BCUT2D eigenvalue weighted by Crippen LogP contribution is -2.39. The zero-order valence-corrected chi connectivity index (χ0v) is 20.5. The molecule has 0 aromatic heterocycles. The highest BCUT2D eigenvalue weighted by atomic mass is 127. The van der Waals surface area contributed by atoms with Crippen LogP contribution in [0.3, 0.4) is 0 Å². The topological polar surface area (TPSA) is 98.0 Å². The summed E-state index contributed by atoms with van der Waals surface area (Å²) >= 11 is 0. The fourth-order valence-electron chi connectivity index (χ4n) is 3.28. The molecule has 8 heteroatoms. The van der Waals surface area contributed by atoms with E-state index in [2.05, 4.69) is 15.6 Å². The summed E-state index contributed by atoms with van der Waals surface area (Å²) in [5.74, 6) is 1.19. The zero-order chi connectivity index (χ0) is 21.6. The van der Waals surface area contributed by atoms with Crippen LogP contribution in [0.2, 0.25) is 0 Å². The van der Waals surface area contributed by atoms with Crippen LogP contribution in [0.25, 0.3) is 0 Å². The summed E-state index contributed by atoms with van der Waals surface area (Å²) < 4.78 is 11.1. The van der Waals surface area contributed by atoms with E-state index < -0.39 is 11.7 Å². The second kappa shape index (κ2) is 11.2. The van der Waals surface area contributed by atoms with E-state index in [1.807, 2.05) is 75.4 Å². The van der Waals surface area contributed by atoms with Gasteiger partial charge in [-0.25, -0.2) is 4.79 Å². The number of benzene rings is 2. The van der Waals surface area contributed by atoms with Crippen molar-refractivity contribution in [2.24, 2.45) is 10.7 Å². The van der Waals surface area contributed by atoms with E-state index in [-0.39, 0.29) is 42.6 Å². The van der Waals surface area contributed by atoms with E-state index >= 15 is 0 Å². The van der Waals surface area contributed by atoms with Crippen LogP contribution >= 0.6 is 24.0 Å². The number of nitrogens with one attached hydrogen (secondary N) is 2. The van der Waals surface area contributed by atoms with Gasteiger partial charge in [0.1, 0.15) is 11.4 Å². The van der Waals surface area contributed by atoms with Crippen LogP contribution in [-0.2, 0) is 4.74 Å². The van der Waals surface area contributed by atoms with Gasteiger partial charge in [-0.15, -0.1) is 24.0 Å². The Morgan fingerprint density at radius 1 is 1.19 bits per heavy atom. The number of amides is 1. The van der Waals surface area contributed by atoms with Crippen LogP contribution in [0.1, 0.15) is 50.4 Å². The van der Waals surface area contributed by atoms with Crippen LogP contribution in [0, 0.1) is 0 Å². The lowest BCUT2D eigenvalue weighted by atomic mass is 10.0. The fourth-order valence-corrected chi connectivity index (χ4v) is 3.28. The first kappa shape index (κ1) is 24.8. The van der Waals surface area contributed by atoms with E-state index in [0.717, 1.165) is 23.3 Å². The number of halogens is 1. The number of nitrogens with two attached hydrogens (primary N) is 1. The standard InChI is InChI=1S/C23H30N4O3.HI/c1-23(2,3)30-22(28)27-19(16-9-5-4-6-10-16)15-25-21(24)26-18-13-14-29-20-12-8-7-11-17(18)20;/h4-12,18-19H,13-15H2,1-3H3,(H,27,28)(H3,24,25,26);1H. The number of hydrogen-bond donors (Lipinski definition) is 3. The molecular formula is C23H31IN4O3. The molecule has 1 aliphatic heterocycles. The highest BCUT2D eigenvalue weighted by Gasteiger charge is 2.23. The SMILES string of the molecule is CC(C)(C)OC(=O)NC(CN=C(N)NC1CCOc2ccccc21)c1ccccc1.I. The van der Waals surface area contributed by atoms with Crippen LogP contribution in [0.5, 0.6) is 5.75 Å². The first-order valence-corrected chi connectivity index (χ1v) is 10.1. The number of alkyl carbamates (subject to hydrolysis) is 1. The van der Waals surface area contributed by atoms with Gasteiger partial charge < -0.3 is 25.8 Å². The summed E-state index contributed by atoms with van der Waals surface area (Å²) in [5, 5.41) is 6.17. The molecular weight excluding hydrogens is 507 g/mol. The second-order valence-electron chi connectivity index (χ2n) is 8.21. The number of guanidine groups is 1. The number of nitrogens with zero attached hydrogens (tertiary/aromatic N) is 1. The monoisotopic (exact) mass is 538 g/mol. The average Bonchev–Trinajstić information content (AvgIpc) is 2.71. The Morgan fingerprint density at radius 2 is 1.87 bits per heavy atom. The van der Waals surface area contributed by atoms with Gasteiger partial charge in [0.15, 0.2) is 5.96 Å². The number of hydrogen-bond acceptors (Lipinski definition) is 4. The normalized spacial score (nSPS) is 16.7. The second-order valence-corrected chi connectivity index (χ2v) is 8.21. The fraction of sp³-hybridized carbons (Fsp3) is 0.391. The molecule has 31 heavy (non-hydrogen) atoms. The van der Waals surface area contributed by atoms with Crippen molar-refractivity contribution in [2.75, 3.05) is 13.2 Å². The zero-order valence-electron chi connectivity index (χ0n) is 18.1. The van der Waals surface area contributed by atoms with Crippen molar-refractivity contribution in [1.29, 1.82) is 0 Å². The number of aliphatic imine (C=N–C) groups is 1. The van der Waals surface area contributed by atoms with Crippen molar-refractivity contribution in [3.8, 4) is 5.75 Å². The van der Waals surface area contributed by atoms with Crippen molar-refractivity contribution in [2.45, 2.75) is 44.9 Å². The van der Waals surface area contributed by atoms with Crippen molar-refractivity contribution < 1.29 is 14.3 Å². The molecule has 2 aromatic carbocycles. The molecule has 1 heterocycles. The molecule has 1 amide bonds. The third-order valence-electron chi connectivity index (χ3n) is 4.62. The molecule has 2 atom stereocenters. The molecule has 0 spiro atoms. The maximum Gasteiger partial charge on any atom is 0.408 e. The Kier molecular flexibility index (Phi) is 8.97. The van der Waals surface area contributed by atoms with Gasteiger partial charge in [0.25, 0.3) is 0 Å². The van der Waals surface area contributed by atoms with Crippen molar-refractivity contribution in [3.63, 3.8) is 0 Å². The number of rotatable bonds is 5. The lowest BCUT2D eigenvalue weighted by Gasteiger charge is -2.27. The Bertz CT molecular complexity index is 884. The first-order chi connectivity index (χ1) is 14.3. The minimum absolute atomic E-state index is 0. The summed E-state index contributed by atoms with van der Waals surface area (Å²) in [5.41, 5.74) is 7.59. The minimum Gasteiger partial charge on any atom is -0.493 e. The van der Waals surface area contributed by atoms with E-state index in [9.17, 15) is 4.79 Å². The molecule has 2 unspecified atom stereocenters. The smallest absolute Gasteiger partial charge is 0.408 e. The number of fused-ring (bicyclic) bond motifs is 1. The van der Waals surface area contributed by atoms with Crippen LogP contribution in [-0.4, -0.2) is 30.8 Å². The molecule has 0 fully saturated rings. The Balaban J connectivity index is 0.00000341. The number of ether oxygens (including phenoxy) is 2. The van der Waals surface area contributed by atoms with Gasteiger partial charge in [-0.05, 0) is 32.4 Å². The molecule has 2 aromatic rings. The number of carbonyl (C=O) groups excluding carboxylic acids is 1. The Hall–Kier alpha value is -2.49. The summed E-state index contributed by atoms with van der Waals surface area (Å²) in [7, 11) is 0. The molecule has 0 aliphatic carbocycles. The average molecular weight is 538 g/mol. The van der Waals surface area contributed by atoms with Crippen molar-refractivity contribution in [1.82, 2.24) is 10.6 Å². The maximum absolute atomic E-state index is 12.3. The van der Waals surface area contributed by atoms with Gasteiger partial charge >= 0.3 is 6.09 Å². The molecule has 7 nitrogen and oxygen atoms in total. The van der Waals surface area contributed by atoms with E-state index in [4.69, 9.17) is 15.2 Å². The molecule has 168 valence electrons. The quantitative estimate of drug-likeness (QED) is 0.300. The van der Waals surface area contributed by atoms with Gasteiger partial charge in [-0.1, -0.05) is 48.5 Å². The summed E-state index contributed by atoms with van der Waals surface area (Å²) in [6.07, 6.45) is 0.308. The van der Waals surface area contributed by atoms with Gasteiger partial charge in [0.2, 0.25) is 0 Å². The molecule has 0 radical (unpaired) electrons. The van der Waals surface area contributed by atoms with Gasteiger partial charge in [0.05, 0.1) is 25.2 Å². The Morgan fingerprint density at radius 3 is 2.58 bits per heavy atom. The van der Waals surface area contributed by atoms with Crippen LogP contribution in [0.15, 0.2) is 59.6 Å². The van der Waals surface area contributed by atoms with E-state index in [1.165, 1.54) is 0 Å². The van der Waals surface area contributed by atoms with Crippen molar-refractivity contribution in [3.05, 3.63) is 65.7 Å². The molecule has 3 rings (SSSR count).